The molecule has 1 amide bonds. The molecule has 2 aliphatic rings. The zero-order valence-corrected chi connectivity index (χ0v) is 22.7. The van der Waals surface area contributed by atoms with Crippen LogP contribution < -0.4 is 5.32 Å². The maximum absolute atomic E-state index is 12.6. The highest BCUT2D eigenvalue weighted by Gasteiger charge is 2.38. The highest BCUT2D eigenvalue weighted by atomic mass is 19.4. The molecule has 2 fully saturated rings. The lowest BCUT2D eigenvalue weighted by atomic mass is 9.89. The summed E-state index contributed by atoms with van der Waals surface area (Å²) >= 11 is 0. The number of anilines is 1. The number of aliphatic carboxylic acids is 1. The molecular formula is C30H40F3N3O3. The van der Waals surface area contributed by atoms with Crippen LogP contribution >= 0.6 is 0 Å². The van der Waals surface area contributed by atoms with Crippen molar-refractivity contribution >= 4 is 17.6 Å². The third-order valence-corrected chi connectivity index (χ3v) is 7.38. The van der Waals surface area contributed by atoms with Crippen molar-refractivity contribution in [2.24, 2.45) is 5.92 Å². The van der Waals surface area contributed by atoms with Crippen LogP contribution in [0.5, 0.6) is 0 Å². The van der Waals surface area contributed by atoms with Gasteiger partial charge in [0.15, 0.2) is 0 Å². The van der Waals surface area contributed by atoms with Crippen LogP contribution in [-0.2, 0) is 17.8 Å². The lowest BCUT2D eigenvalue weighted by molar-refractivity contribution is -0.192. The monoisotopic (exact) mass is 547 g/mol. The number of carbonyl (C=O) groups is 2. The SMILES string of the molecule is CCc1cccc(NC(=O)c2ccc(CN3CCCN(CC4CCCCC4)CC3)cc2)c1.O=C(O)C(F)(F)F. The maximum Gasteiger partial charge on any atom is 0.490 e. The minimum Gasteiger partial charge on any atom is -0.475 e. The van der Waals surface area contributed by atoms with Gasteiger partial charge in [0.25, 0.3) is 5.91 Å². The molecule has 0 unspecified atom stereocenters. The van der Waals surface area contributed by atoms with Gasteiger partial charge < -0.3 is 15.3 Å². The Labute approximate surface area is 229 Å². The van der Waals surface area contributed by atoms with Gasteiger partial charge in [-0.3, -0.25) is 9.69 Å². The van der Waals surface area contributed by atoms with E-state index in [2.05, 4.69) is 40.2 Å². The van der Waals surface area contributed by atoms with Crippen LogP contribution in [0.25, 0.3) is 0 Å². The fourth-order valence-corrected chi connectivity index (χ4v) is 5.19. The smallest absolute Gasteiger partial charge is 0.475 e. The number of amides is 1. The normalized spacial score (nSPS) is 17.5. The second kappa shape index (κ2) is 15.0. The molecule has 0 bridgehead atoms. The molecule has 0 radical (unpaired) electrons. The molecule has 0 atom stereocenters. The van der Waals surface area contributed by atoms with Crippen LogP contribution in [0.2, 0.25) is 0 Å². The van der Waals surface area contributed by atoms with Gasteiger partial charge in [0.1, 0.15) is 0 Å². The first kappa shape index (κ1) is 30.6. The van der Waals surface area contributed by atoms with E-state index >= 15 is 0 Å². The van der Waals surface area contributed by atoms with Crippen molar-refractivity contribution in [3.63, 3.8) is 0 Å². The molecule has 214 valence electrons. The quantitative estimate of drug-likeness (QED) is 0.431. The van der Waals surface area contributed by atoms with Gasteiger partial charge in [0.2, 0.25) is 0 Å². The minimum absolute atomic E-state index is 0.0436. The fraction of sp³-hybridized carbons (Fsp3) is 0.533. The summed E-state index contributed by atoms with van der Waals surface area (Å²) in [5, 5.41) is 10.2. The number of hydrogen-bond acceptors (Lipinski definition) is 4. The van der Waals surface area contributed by atoms with E-state index in [1.54, 1.807) is 0 Å². The maximum atomic E-state index is 12.6. The number of halogens is 3. The molecule has 1 aliphatic carbocycles. The zero-order chi connectivity index (χ0) is 28.3. The fourth-order valence-electron chi connectivity index (χ4n) is 5.19. The van der Waals surface area contributed by atoms with Gasteiger partial charge in [0, 0.05) is 37.4 Å². The lowest BCUT2D eigenvalue weighted by Crippen LogP contribution is -2.34. The van der Waals surface area contributed by atoms with Gasteiger partial charge in [-0.05, 0) is 80.1 Å². The molecule has 0 spiro atoms. The zero-order valence-electron chi connectivity index (χ0n) is 22.7. The Bertz CT molecular complexity index is 1050. The number of nitrogens with zero attached hydrogens (tertiary/aromatic N) is 2. The summed E-state index contributed by atoms with van der Waals surface area (Å²) in [7, 11) is 0. The Balaban J connectivity index is 0.000000532. The highest BCUT2D eigenvalue weighted by Crippen LogP contribution is 2.25. The van der Waals surface area contributed by atoms with Crippen LogP contribution in [0.3, 0.4) is 0 Å². The predicted molar refractivity (Wildman–Crippen MR) is 147 cm³/mol. The average Bonchev–Trinajstić information content (AvgIpc) is 3.14. The van der Waals surface area contributed by atoms with Gasteiger partial charge in [-0.2, -0.15) is 13.2 Å². The number of alkyl halides is 3. The van der Waals surface area contributed by atoms with Gasteiger partial charge in [0.05, 0.1) is 0 Å². The van der Waals surface area contributed by atoms with Crippen molar-refractivity contribution in [2.75, 3.05) is 38.0 Å². The first-order valence-corrected chi connectivity index (χ1v) is 13.9. The lowest BCUT2D eigenvalue weighted by Gasteiger charge is -2.29. The Morgan fingerprint density at radius 1 is 0.897 bits per heavy atom. The third kappa shape index (κ3) is 10.6. The molecule has 9 heteroatoms. The van der Waals surface area contributed by atoms with Crippen LogP contribution in [0, 0.1) is 5.92 Å². The minimum atomic E-state index is -5.08. The number of nitrogens with one attached hydrogen (secondary N) is 1. The molecule has 1 heterocycles. The summed E-state index contributed by atoms with van der Waals surface area (Å²) in [5.74, 6) is -1.87. The van der Waals surface area contributed by atoms with E-state index in [1.165, 1.54) is 69.3 Å². The number of rotatable bonds is 7. The van der Waals surface area contributed by atoms with E-state index in [0.717, 1.165) is 37.7 Å². The number of carbonyl (C=O) groups excluding carboxylic acids is 1. The molecule has 2 aromatic carbocycles. The van der Waals surface area contributed by atoms with E-state index in [4.69, 9.17) is 9.90 Å². The average molecular weight is 548 g/mol. The third-order valence-electron chi connectivity index (χ3n) is 7.38. The van der Waals surface area contributed by atoms with Crippen molar-refractivity contribution in [1.82, 2.24) is 9.80 Å². The summed E-state index contributed by atoms with van der Waals surface area (Å²) in [4.78, 5) is 26.8. The Hall–Kier alpha value is -2.91. The summed E-state index contributed by atoms with van der Waals surface area (Å²) in [6, 6.07) is 16.2. The molecule has 1 saturated carbocycles. The first-order chi connectivity index (χ1) is 18.6. The van der Waals surface area contributed by atoms with Crippen molar-refractivity contribution in [2.45, 2.75) is 64.6 Å². The second-order valence-corrected chi connectivity index (χ2v) is 10.4. The van der Waals surface area contributed by atoms with Crippen LogP contribution in [0.1, 0.15) is 66.9 Å². The van der Waals surface area contributed by atoms with E-state index in [9.17, 15) is 18.0 Å². The van der Waals surface area contributed by atoms with E-state index in [1.807, 2.05) is 30.3 Å². The molecule has 1 saturated heterocycles. The van der Waals surface area contributed by atoms with Crippen LogP contribution in [0.15, 0.2) is 48.5 Å². The molecular weight excluding hydrogens is 507 g/mol. The summed E-state index contributed by atoms with van der Waals surface area (Å²) < 4.78 is 31.7. The molecule has 0 aromatic heterocycles. The number of hydrogen-bond donors (Lipinski definition) is 2. The van der Waals surface area contributed by atoms with E-state index in [-0.39, 0.29) is 5.91 Å². The number of aryl methyl sites for hydroxylation is 1. The topological polar surface area (TPSA) is 72.9 Å². The summed E-state index contributed by atoms with van der Waals surface area (Å²) in [6.45, 7) is 9.13. The van der Waals surface area contributed by atoms with Gasteiger partial charge in [-0.1, -0.05) is 50.5 Å². The van der Waals surface area contributed by atoms with Crippen molar-refractivity contribution in [3.05, 3.63) is 65.2 Å². The number of benzene rings is 2. The van der Waals surface area contributed by atoms with Gasteiger partial charge >= 0.3 is 12.1 Å². The molecule has 2 aromatic rings. The van der Waals surface area contributed by atoms with Gasteiger partial charge in [-0.15, -0.1) is 0 Å². The van der Waals surface area contributed by atoms with Crippen LogP contribution in [0.4, 0.5) is 18.9 Å². The molecule has 39 heavy (non-hydrogen) atoms. The van der Waals surface area contributed by atoms with Crippen molar-refractivity contribution < 1.29 is 27.9 Å². The Kier molecular flexibility index (Phi) is 11.8. The molecule has 4 rings (SSSR count). The standard InChI is InChI=1S/C28H39N3O.C2HF3O2/c1-2-23-10-6-11-27(20-23)29-28(32)26-14-12-25(13-15-26)22-31-17-7-16-30(18-19-31)21-24-8-4-3-5-9-24;3-2(4,5)1(6)7/h6,10-15,20,24H,2-5,7-9,16-19,21-22H2,1H3,(H,29,32);(H,6,7). The Morgan fingerprint density at radius 3 is 2.18 bits per heavy atom. The molecule has 2 N–H and O–H groups in total. The van der Waals surface area contributed by atoms with Crippen molar-refractivity contribution in [1.29, 1.82) is 0 Å². The van der Waals surface area contributed by atoms with E-state index < -0.39 is 12.1 Å². The van der Waals surface area contributed by atoms with Crippen molar-refractivity contribution in [3.8, 4) is 0 Å². The second-order valence-electron chi connectivity index (χ2n) is 10.4. The molecule has 1 aliphatic heterocycles. The Morgan fingerprint density at radius 2 is 1.54 bits per heavy atom. The summed E-state index contributed by atoms with van der Waals surface area (Å²) in [6.07, 6.45) is 4.32. The highest BCUT2D eigenvalue weighted by molar-refractivity contribution is 6.04. The number of carboxylic acid groups (broad SMARTS) is 1. The molecule has 6 nitrogen and oxygen atoms in total. The summed E-state index contributed by atoms with van der Waals surface area (Å²) in [5.41, 5.74) is 4.09. The first-order valence-electron chi connectivity index (χ1n) is 13.9. The van der Waals surface area contributed by atoms with Gasteiger partial charge in [-0.25, -0.2) is 4.79 Å². The predicted octanol–water partition coefficient (Wildman–Crippen LogP) is 6.22. The number of carboxylic acids is 1. The largest absolute Gasteiger partial charge is 0.490 e. The van der Waals surface area contributed by atoms with Crippen LogP contribution in [-0.4, -0.2) is 65.7 Å². The van der Waals surface area contributed by atoms with E-state index in [0.29, 0.717) is 5.56 Å².